The van der Waals surface area contributed by atoms with Gasteiger partial charge in [0.15, 0.2) is 5.43 Å². The van der Waals surface area contributed by atoms with E-state index in [2.05, 4.69) is 16.8 Å². The number of nitrogens with one attached hydrogen (secondary N) is 1. The summed E-state index contributed by atoms with van der Waals surface area (Å²) in [4.78, 5) is 18.1. The van der Waals surface area contributed by atoms with Crippen molar-refractivity contribution in [1.29, 1.82) is 0 Å². The van der Waals surface area contributed by atoms with Crippen LogP contribution in [0, 0.1) is 6.92 Å². The molecule has 124 valence electrons. The molecule has 0 amide bonds. The third kappa shape index (κ3) is 4.01. The number of fused-ring (bicyclic) bond motifs is 1. The molecule has 1 saturated heterocycles. The van der Waals surface area contributed by atoms with Crippen LogP contribution >= 0.6 is 0 Å². The molecule has 4 nitrogen and oxygen atoms in total. The highest BCUT2D eigenvalue weighted by Gasteiger charge is 2.17. The lowest BCUT2D eigenvalue weighted by atomic mass is 10.1. The number of aromatic nitrogens is 1. The second-order valence-corrected chi connectivity index (χ2v) is 6.52. The number of hydrogen-bond acceptors (Lipinski definition) is 3. The highest BCUT2D eigenvalue weighted by Crippen LogP contribution is 2.16. The van der Waals surface area contributed by atoms with E-state index in [-0.39, 0.29) is 5.43 Å². The van der Waals surface area contributed by atoms with Gasteiger partial charge in [0.1, 0.15) is 0 Å². The van der Waals surface area contributed by atoms with Crippen molar-refractivity contribution in [3.8, 4) is 0 Å². The molecule has 1 aliphatic heterocycles. The van der Waals surface area contributed by atoms with Gasteiger partial charge in [0, 0.05) is 42.4 Å². The number of likely N-dealkylation sites (N-methyl/N-ethyl adjacent to an activating group) is 1. The first-order valence-corrected chi connectivity index (χ1v) is 8.62. The Morgan fingerprint density at radius 2 is 2.17 bits per heavy atom. The van der Waals surface area contributed by atoms with Crippen LogP contribution in [-0.4, -0.2) is 35.7 Å². The number of benzene rings is 1. The molecule has 1 N–H and O–H groups in total. The zero-order valence-electron chi connectivity index (χ0n) is 14.1. The Bertz CT molecular complexity index is 717. The average Bonchev–Trinajstić information content (AvgIpc) is 2.56. The van der Waals surface area contributed by atoms with Crippen LogP contribution in [0.5, 0.6) is 0 Å². The van der Waals surface area contributed by atoms with Crippen LogP contribution in [0.4, 0.5) is 0 Å². The van der Waals surface area contributed by atoms with Gasteiger partial charge in [0.05, 0.1) is 6.10 Å². The lowest BCUT2D eigenvalue weighted by Gasteiger charge is -2.29. The van der Waals surface area contributed by atoms with E-state index in [1.54, 1.807) is 6.07 Å². The van der Waals surface area contributed by atoms with Gasteiger partial charge in [-0.1, -0.05) is 18.6 Å². The molecule has 3 rings (SSSR count). The summed E-state index contributed by atoms with van der Waals surface area (Å²) in [6.07, 6.45) is 3.91. The van der Waals surface area contributed by atoms with Crippen molar-refractivity contribution in [3.63, 3.8) is 0 Å². The second-order valence-electron chi connectivity index (χ2n) is 6.52. The summed E-state index contributed by atoms with van der Waals surface area (Å²) in [7, 11) is 0. The smallest absolute Gasteiger partial charge is 0.189 e. The van der Waals surface area contributed by atoms with Gasteiger partial charge < -0.3 is 9.72 Å². The Kier molecular flexibility index (Phi) is 5.13. The van der Waals surface area contributed by atoms with Crippen molar-refractivity contribution in [2.75, 3.05) is 19.7 Å². The monoisotopic (exact) mass is 314 g/mol. The number of ether oxygens (including phenoxy) is 1. The minimum atomic E-state index is 0.0995. The quantitative estimate of drug-likeness (QED) is 0.921. The summed E-state index contributed by atoms with van der Waals surface area (Å²) >= 11 is 0. The predicted octanol–water partition coefficient (Wildman–Crippen LogP) is 3.23. The van der Waals surface area contributed by atoms with Crippen molar-refractivity contribution in [2.45, 2.75) is 45.8 Å². The van der Waals surface area contributed by atoms with Crippen LogP contribution < -0.4 is 5.43 Å². The maximum absolute atomic E-state index is 12.3. The van der Waals surface area contributed by atoms with Crippen LogP contribution in [0.15, 0.2) is 29.1 Å². The lowest BCUT2D eigenvalue weighted by Crippen LogP contribution is -2.35. The molecule has 0 spiro atoms. The fraction of sp³-hybridized carbons (Fsp3) is 0.526. The summed E-state index contributed by atoms with van der Waals surface area (Å²) < 4.78 is 5.84. The second kappa shape index (κ2) is 7.28. The molecule has 23 heavy (non-hydrogen) atoms. The number of H-pyrrole nitrogens is 1. The van der Waals surface area contributed by atoms with Gasteiger partial charge >= 0.3 is 0 Å². The predicted molar refractivity (Wildman–Crippen MR) is 93.8 cm³/mol. The third-order valence-electron chi connectivity index (χ3n) is 4.62. The zero-order chi connectivity index (χ0) is 16.2. The van der Waals surface area contributed by atoms with E-state index in [1.165, 1.54) is 12.8 Å². The summed E-state index contributed by atoms with van der Waals surface area (Å²) in [5.41, 5.74) is 3.11. The Morgan fingerprint density at radius 3 is 2.91 bits per heavy atom. The molecule has 1 fully saturated rings. The first-order valence-electron chi connectivity index (χ1n) is 8.62. The number of aromatic amines is 1. The van der Waals surface area contributed by atoms with Gasteiger partial charge in [-0.05, 0) is 44.9 Å². The van der Waals surface area contributed by atoms with E-state index in [1.807, 2.05) is 25.1 Å². The molecule has 0 saturated carbocycles. The van der Waals surface area contributed by atoms with E-state index in [9.17, 15) is 4.79 Å². The number of aryl methyl sites for hydroxylation is 1. The molecule has 0 unspecified atom stereocenters. The highest BCUT2D eigenvalue weighted by molar-refractivity contribution is 5.79. The topological polar surface area (TPSA) is 45.3 Å². The fourth-order valence-electron chi connectivity index (χ4n) is 3.29. The van der Waals surface area contributed by atoms with Crippen molar-refractivity contribution in [1.82, 2.24) is 9.88 Å². The maximum Gasteiger partial charge on any atom is 0.189 e. The molecule has 0 radical (unpaired) electrons. The summed E-state index contributed by atoms with van der Waals surface area (Å²) in [5.74, 6) is 0. The SMILES string of the molecule is CCN(Cc1cc(=O)c2cc(C)ccc2[nH]1)C[C@@H]1CCCCO1. The minimum Gasteiger partial charge on any atom is -0.377 e. The van der Waals surface area contributed by atoms with Crippen LogP contribution in [0.1, 0.15) is 37.4 Å². The van der Waals surface area contributed by atoms with E-state index >= 15 is 0 Å². The maximum atomic E-state index is 12.3. The first-order chi connectivity index (χ1) is 11.2. The molecule has 1 aromatic carbocycles. The van der Waals surface area contributed by atoms with Crippen LogP contribution in [-0.2, 0) is 11.3 Å². The Balaban J connectivity index is 1.76. The molecular formula is C19H26N2O2. The van der Waals surface area contributed by atoms with Gasteiger partial charge in [-0.2, -0.15) is 0 Å². The zero-order valence-corrected chi connectivity index (χ0v) is 14.1. The highest BCUT2D eigenvalue weighted by atomic mass is 16.5. The Labute approximate surface area is 137 Å². The number of hydrogen-bond donors (Lipinski definition) is 1. The molecule has 0 bridgehead atoms. The summed E-state index contributed by atoms with van der Waals surface area (Å²) in [6, 6.07) is 7.73. The number of rotatable bonds is 5. The largest absolute Gasteiger partial charge is 0.377 e. The molecule has 1 atom stereocenters. The summed E-state index contributed by atoms with van der Waals surface area (Å²) in [6.45, 7) is 7.70. The van der Waals surface area contributed by atoms with Crippen LogP contribution in [0.3, 0.4) is 0 Å². The van der Waals surface area contributed by atoms with Crippen LogP contribution in [0.25, 0.3) is 10.9 Å². The Morgan fingerprint density at radius 1 is 1.30 bits per heavy atom. The van der Waals surface area contributed by atoms with Gasteiger partial charge in [-0.25, -0.2) is 0 Å². The van der Waals surface area contributed by atoms with E-state index in [0.717, 1.165) is 54.8 Å². The van der Waals surface area contributed by atoms with E-state index in [4.69, 9.17) is 4.74 Å². The van der Waals surface area contributed by atoms with Crippen molar-refractivity contribution in [2.24, 2.45) is 0 Å². The standard InChI is InChI=1S/C19H26N2O2/c1-3-21(13-16-6-4-5-9-23-16)12-15-11-19(22)17-10-14(2)7-8-18(17)20-15/h7-8,10-11,16H,3-6,9,12-13H2,1-2H3,(H,20,22)/t16-/m0/s1. The van der Waals surface area contributed by atoms with E-state index < -0.39 is 0 Å². The lowest BCUT2D eigenvalue weighted by molar-refractivity contribution is -0.00640. The fourth-order valence-corrected chi connectivity index (χ4v) is 3.29. The molecule has 4 heteroatoms. The van der Waals surface area contributed by atoms with Gasteiger partial charge in [-0.3, -0.25) is 9.69 Å². The molecule has 2 aromatic rings. The normalized spacial score (nSPS) is 18.7. The number of nitrogens with zero attached hydrogens (tertiary/aromatic N) is 1. The van der Waals surface area contributed by atoms with Gasteiger partial charge in [-0.15, -0.1) is 0 Å². The average molecular weight is 314 g/mol. The minimum absolute atomic E-state index is 0.0995. The van der Waals surface area contributed by atoms with Crippen molar-refractivity contribution in [3.05, 3.63) is 45.7 Å². The van der Waals surface area contributed by atoms with E-state index in [0.29, 0.717) is 6.10 Å². The van der Waals surface area contributed by atoms with Crippen molar-refractivity contribution >= 4 is 10.9 Å². The first kappa shape index (κ1) is 16.2. The number of pyridine rings is 1. The molecular weight excluding hydrogens is 288 g/mol. The molecule has 1 aromatic heterocycles. The Hall–Kier alpha value is -1.65. The van der Waals surface area contributed by atoms with Gasteiger partial charge in [0.25, 0.3) is 0 Å². The molecule has 1 aliphatic rings. The van der Waals surface area contributed by atoms with Crippen LogP contribution in [0.2, 0.25) is 0 Å². The third-order valence-corrected chi connectivity index (χ3v) is 4.62. The molecule has 0 aliphatic carbocycles. The van der Waals surface area contributed by atoms with Crippen molar-refractivity contribution < 1.29 is 4.74 Å². The molecule has 2 heterocycles. The van der Waals surface area contributed by atoms with Gasteiger partial charge in [0.2, 0.25) is 0 Å². The summed E-state index contributed by atoms with van der Waals surface area (Å²) in [5, 5.41) is 0.771.